The molecule has 0 aliphatic rings. The summed E-state index contributed by atoms with van der Waals surface area (Å²) in [6, 6.07) is 29.4. The van der Waals surface area contributed by atoms with Crippen LogP contribution in [0.25, 0.3) is 12.2 Å². The van der Waals surface area contributed by atoms with Crippen LogP contribution in [0, 0.1) is 0 Å². The third kappa shape index (κ3) is 7.07. The normalized spacial score (nSPS) is 11.3. The lowest BCUT2D eigenvalue weighted by Crippen LogP contribution is -2.30. The molecule has 4 aromatic rings. The van der Waals surface area contributed by atoms with Gasteiger partial charge in [-0.15, -0.1) is 0 Å². The summed E-state index contributed by atoms with van der Waals surface area (Å²) in [7, 11) is 0. The molecular weight excluding hydrogens is 519 g/mol. The smallest absolute Gasteiger partial charge is 0.272 e. The molecule has 0 spiro atoms. The van der Waals surface area contributed by atoms with Crippen molar-refractivity contribution in [2.24, 2.45) is 0 Å². The zero-order valence-corrected chi connectivity index (χ0v) is 21.5. The molecule has 4 rings (SSSR count). The number of hydrogen-bond donors (Lipinski definition) is 2. The molecule has 0 aromatic heterocycles. The fraction of sp³-hybridized carbons (Fsp3) is 0. The van der Waals surface area contributed by atoms with Crippen molar-refractivity contribution in [2.75, 3.05) is 5.32 Å². The molecule has 0 bridgehead atoms. The predicted molar refractivity (Wildman–Crippen MR) is 153 cm³/mol. The Hall–Kier alpha value is -4.45. The average molecular weight is 541 g/mol. The Bertz CT molecular complexity index is 1510. The third-order valence-electron chi connectivity index (χ3n) is 5.46. The molecule has 0 atom stereocenters. The van der Waals surface area contributed by atoms with E-state index in [1.54, 1.807) is 84.9 Å². The van der Waals surface area contributed by atoms with E-state index in [2.05, 4.69) is 10.6 Å². The first kappa shape index (κ1) is 26.6. The summed E-state index contributed by atoms with van der Waals surface area (Å²) in [6.45, 7) is 0. The van der Waals surface area contributed by atoms with Crippen molar-refractivity contribution >= 4 is 58.6 Å². The molecule has 0 unspecified atom stereocenters. The molecule has 0 saturated heterocycles. The van der Waals surface area contributed by atoms with Gasteiger partial charge in [0.15, 0.2) is 5.78 Å². The summed E-state index contributed by atoms with van der Waals surface area (Å²) < 4.78 is 0. The highest BCUT2D eigenvalue weighted by atomic mass is 35.5. The van der Waals surface area contributed by atoms with Gasteiger partial charge in [0.05, 0.1) is 10.0 Å². The lowest BCUT2D eigenvalue weighted by Gasteiger charge is -2.12. The first-order valence-electron chi connectivity index (χ1n) is 11.6. The van der Waals surface area contributed by atoms with Gasteiger partial charge in [0, 0.05) is 16.8 Å². The molecule has 2 N–H and O–H groups in total. The van der Waals surface area contributed by atoms with Gasteiger partial charge in [-0.1, -0.05) is 83.9 Å². The van der Waals surface area contributed by atoms with Crippen molar-refractivity contribution in [3.05, 3.63) is 147 Å². The van der Waals surface area contributed by atoms with Crippen LogP contribution in [0.2, 0.25) is 10.0 Å². The minimum atomic E-state index is -0.507. The highest BCUT2D eigenvalue weighted by Crippen LogP contribution is 2.26. The second kappa shape index (κ2) is 12.7. The van der Waals surface area contributed by atoms with E-state index in [0.29, 0.717) is 32.4 Å². The monoisotopic (exact) mass is 540 g/mol. The minimum Gasteiger partial charge on any atom is -0.321 e. The maximum absolute atomic E-state index is 13.1. The Morgan fingerprint density at radius 2 is 1.34 bits per heavy atom. The first-order chi connectivity index (χ1) is 18.4. The molecule has 0 radical (unpaired) electrons. The fourth-order valence-corrected chi connectivity index (χ4v) is 3.86. The molecule has 0 saturated carbocycles. The second-order valence-corrected chi connectivity index (χ2v) is 8.95. The van der Waals surface area contributed by atoms with Gasteiger partial charge >= 0.3 is 0 Å². The van der Waals surface area contributed by atoms with Crippen molar-refractivity contribution < 1.29 is 14.4 Å². The van der Waals surface area contributed by atoms with Gasteiger partial charge in [-0.2, -0.15) is 0 Å². The molecule has 38 heavy (non-hydrogen) atoms. The number of carbonyl (C=O) groups is 3. The molecule has 188 valence electrons. The van der Waals surface area contributed by atoms with E-state index >= 15 is 0 Å². The van der Waals surface area contributed by atoms with E-state index in [1.807, 2.05) is 30.3 Å². The Morgan fingerprint density at radius 1 is 0.684 bits per heavy atom. The molecule has 4 aromatic carbocycles. The highest BCUT2D eigenvalue weighted by molar-refractivity contribution is 6.43. The largest absolute Gasteiger partial charge is 0.321 e. The maximum Gasteiger partial charge on any atom is 0.272 e. The van der Waals surface area contributed by atoms with Crippen molar-refractivity contribution in [2.45, 2.75) is 0 Å². The van der Waals surface area contributed by atoms with E-state index in [-0.39, 0.29) is 11.5 Å². The van der Waals surface area contributed by atoms with E-state index in [4.69, 9.17) is 23.2 Å². The predicted octanol–water partition coefficient (Wildman–Crippen LogP) is 7.30. The van der Waals surface area contributed by atoms with Crippen LogP contribution in [-0.4, -0.2) is 17.6 Å². The standard InChI is InChI=1S/C31H22Cl2N2O3/c32-26-13-7-12-23(29(26)33)16-19-28(36)22-14-17-25(18-15-22)34-31(38)27(20-21-8-3-1-4-9-21)35-30(37)24-10-5-2-6-11-24/h1-20H,(H,34,38)(H,35,37)/b19-16+,27-20-. The minimum absolute atomic E-state index is 0.0755. The SMILES string of the molecule is O=C(Nc1ccc(C(=O)/C=C/c2cccc(Cl)c2Cl)cc1)/C(=C/c1ccccc1)NC(=O)c1ccccc1. The summed E-state index contributed by atoms with van der Waals surface area (Å²) >= 11 is 12.2. The number of amides is 2. The van der Waals surface area contributed by atoms with Crippen LogP contribution in [0.4, 0.5) is 5.69 Å². The second-order valence-electron chi connectivity index (χ2n) is 8.16. The fourth-order valence-electron chi connectivity index (χ4n) is 3.49. The zero-order chi connectivity index (χ0) is 26.9. The van der Waals surface area contributed by atoms with Gasteiger partial charge in [-0.25, -0.2) is 0 Å². The van der Waals surface area contributed by atoms with Crippen LogP contribution >= 0.6 is 23.2 Å². The van der Waals surface area contributed by atoms with E-state index in [1.165, 1.54) is 6.08 Å². The third-order valence-corrected chi connectivity index (χ3v) is 6.30. The van der Waals surface area contributed by atoms with Gasteiger partial charge in [0.2, 0.25) is 0 Å². The summed E-state index contributed by atoms with van der Waals surface area (Å²) in [6.07, 6.45) is 4.60. The number of nitrogens with one attached hydrogen (secondary N) is 2. The van der Waals surface area contributed by atoms with Gasteiger partial charge in [-0.3, -0.25) is 14.4 Å². The molecule has 0 fully saturated rings. The van der Waals surface area contributed by atoms with Crippen LogP contribution in [0.5, 0.6) is 0 Å². The lowest BCUT2D eigenvalue weighted by atomic mass is 10.1. The molecular formula is C31H22Cl2N2O3. The Kier molecular flexibility index (Phi) is 8.88. The van der Waals surface area contributed by atoms with E-state index in [0.717, 1.165) is 5.56 Å². The number of rotatable bonds is 8. The quantitative estimate of drug-likeness (QED) is 0.182. The number of allylic oxidation sites excluding steroid dienone is 1. The number of hydrogen-bond acceptors (Lipinski definition) is 3. The van der Waals surface area contributed by atoms with E-state index in [9.17, 15) is 14.4 Å². The van der Waals surface area contributed by atoms with Crippen molar-refractivity contribution in [3.63, 3.8) is 0 Å². The molecule has 0 aliphatic heterocycles. The molecule has 0 heterocycles. The number of halogens is 2. The Labute approximate surface area is 230 Å². The number of benzene rings is 4. The Morgan fingerprint density at radius 3 is 2.03 bits per heavy atom. The summed E-state index contributed by atoms with van der Waals surface area (Å²) in [5, 5.41) is 6.25. The molecule has 2 amide bonds. The van der Waals surface area contributed by atoms with Crippen molar-refractivity contribution in [1.82, 2.24) is 5.32 Å². The summed E-state index contributed by atoms with van der Waals surface area (Å²) in [5.74, 6) is -1.15. The zero-order valence-electron chi connectivity index (χ0n) is 20.0. The van der Waals surface area contributed by atoms with Crippen molar-refractivity contribution in [1.29, 1.82) is 0 Å². The van der Waals surface area contributed by atoms with Crippen LogP contribution in [-0.2, 0) is 4.79 Å². The molecule has 5 nitrogen and oxygen atoms in total. The van der Waals surface area contributed by atoms with E-state index < -0.39 is 11.8 Å². The summed E-state index contributed by atoms with van der Waals surface area (Å²) in [4.78, 5) is 38.5. The van der Waals surface area contributed by atoms with Crippen LogP contribution in [0.15, 0.2) is 115 Å². The number of ketones is 1. The maximum atomic E-state index is 13.1. The van der Waals surface area contributed by atoms with Gasteiger partial charge in [-0.05, 0) is 71.8 Å². The van der Waals surface area contributed by atoms with Gasteiger partial charge in [0.25, 0.3) is 11.8 Å². The lowest BCUT2D eigenvalue weighted by molar-refractivity contribution is -0.113. The summed E-state index contributed by atoms with van der Waals surface area (Å²) in [5.41, 5.74) is 2.77. The number of carbonyl (C=O) groups excluding carboxylic acids is 3. The average Bonchev–Trinajstić information content (AvgIpc) is 2.94. The van der Waals surface area contributed by atoms with Crippen molar-refractivity contribution in [3.8, 4) is 0 Å². The number of anilines is 1. The Balaban J connectivity index is 1.48. The van der Waals surface area contributed by atoms with Gasteiger partial charge < -0.3 is 10.6 Å². The highest BCUT2D eigenvalue weighted by Gasteiger charge is 2.15. The molecule has 0 aliphatic carbocycles. The van der Waals surface area contributed by atoms with Crippen LogP contribution in [0.3, 0.4) is 0 Å². The topological polar surface area (TPSA) is 75.3 Å². The van der Waals surface area contributed by atoms with Gasteiger partial charge in [0.1, 0.15) is 5.70 Å². The molecule has 7 heteroatoms. The van der Waals surface area contributed by atoms with Crippen LogP contribution in [0.1, 0.15) is 31.8 Å². The van der Waals surface area contributed by atoms with Crippen LogP contribution < -0.4 is 10.6 Å². The first-order valence-corrected chi connectivity index (χ1v) is 12.4.